The minimum atomic E-state index is -5.08. The fraction of sp³-hybridized carbons (Fsp3) is 0.556. The maximum absolute atomic E-state index is 12.2. The summed E-state index contributed by atoms with van der Waals surface area (Å²) in [5.41, 5.74) is 0.574. The van der Waals surface area contributed by atoms with Crippen LogP contribution in [0.25, 0.3) is 0 Å². The molecular formula is C9H8F6N2O3. The van der Waals surface area contributed by atoms with E-state index in [1.54, 1.807) is 0 Å². The lowest BCUT2D eigenvalue weighted by Gasteiger charge is -2.11. The molecule has 0 aromatic carbocycles. The highest BCUT2D eigenvalue weighted by Gasteiger charge is 2.40. The summed E-state index contributed by atoms with van der Waals surface area (Å²) in [5, 5.41) is 13.4. The van der Waals surface area contributed by atoms with Gasteiger partial charge in [-0.2, -0.15) is 26.3 Å². The van der Waals surface area contributed by atoms with Crippen molar-refractivity contribution in [1.29, 1.82) is 0 Å². The summed E-state index contributed by atoms with van der Waals surface area (Å²) in [7, 11) is 0. The van der Waals surface area contributed by atoms with Gasteiger partial charge in [-0.25, -0.2) is 4.79 Å². The Bertz CT molecular complexity index is 479. The lowest BCUT2D eigenvalue weighted by Crippen LogP contribution is -2.24. The second-order valence-electron chi connectivity index (χ2n) is 3.66. The van der Waals surface area contributed by atoms with Crippen molar-refractivity contribution in [1.82, 2.24) is 10.5 Å². The summed E-state index contributed by atoms with van der Waals surface area (Å²) in [4.78, 5) is 8.90. The van der Waals surface area contributed by atoms with Gasteiger partial charge >= 0.3 is 18.3 Å². The Hall–Kier alpha value is -1.78. The third-order valence-corrected chi connectivity index (χ3v) is 2.21. The quantitative estimate of drug-likeness (QED) is 0.717. The van der Waals surface area contributed by atoms with E-state index >= 15 is 0 Å². The maximum Gasteiger partial charge on any atom is 0.490 e. The van der Waals surface area contributed by atoms with Crippen LogP contribution in [0.5, 0.6) is 0 Å². The van der Waals surface area contributed by atoms with Crippen LogP contribution in [0.2, 0.25) is 0 Å². The van der Waals surface area contributed by atoms with Crippen LogP contribution < -0.4 is 5.32 Å². The van der Waals surface area contributed by atoms with Crippen LogP contribution in [-0.2, 0) is 23.9 Å². The van der Waals surface area contributed by atoms with Crippen molar-refractivity contribution in [2.45, 2.75) is 25.3 Å². The topological polar surface area (TPSA) is 75.4 Å². The number of carboxylic acid groups (broad SMARTS) is 1. The Labute approximate surface area is 107 Å². The van der Waals surface area contributed by atoms with Gasteiger partial charge in [0.25, 0.3) is 0 Å². The Morgan fingerprint density at radius 3 is 2.25 bits per heavy atom. The van der Waals surface area contributed by atoms with E-state index in [4.69, 9.17) is 9.90 Å². The second kappa shape index (κ2) is 5.69. The molecule has 0 saturated heterocycles. The zero-order chi connectivity index (χ0) is 15.6. The molecule has 0 unspecified atom stereocenters. The molecule has 0 atom stereocenters. The monoisotopic (exact) mass is 306 g/mol. The largest absolute Gasteiger partial charge is 0.490 e. The van der Waals surface area contributed by atoms with E-state index in [-0.39, 0.29) is 12.1 Å². The zero-order valence-electron chi connectivity index (χ0n) is 9.60. The molecule has 0 aliphatic carbocycles. The molecule has 0 fully saturated rings. The van der Waals surface area contributed by atoms with Gasteiger partial charge in [-0.05, 0) is 0 Å². The zero-order valence-corrected chi connectivity index (χ0v) is 9.60. The number of hydrogen-bond acceptors (Lipinski definition) is 4. The second-order valence-corrected chi connectivity index (χ2v) is 3.66. The van der Waals surface area contributed by atoms with Gasteiger partial charge in [-0.1, -0.05) is 5.16 Å². The van der Waals surface area contributed by atoms with Crippen LogP contribution in [0, 0.1) is 0 Å². The van der Waals surface area contributed by atoms with Crippen LogP contribution in [0.4, 0.5) is 26.3 Å². The molecule has 20 heavy (non-hydrogen) atoms. The number of alkyl halides is 6. The van der Waals surface area contributed by atoms with Gasteiger partial charge < -0.3 is 14.9 Å². The number of aromatic nitrogens is 1. The highest BCUT2D eigenvalue weighted by atomic mass is 19.4. The SMILES string of the molecule is FC(F)(F)c1onc2c1CNCC2.O=C(O)C(F)(F)F. The van der Waals surface area contributed by atoms with E-state index in [2.05, 4.69) is 15.0 Å². The molecule has 0 bridgehead atoms. The molecule has 2 N–H and O–H groups in total. The first-order valence-electron chi connectivity index (χ1n) is 5.09. The molecule has 1 aliphatic heterocycles. The van der Waals surface area contributed by atoms with Crippen molar-refractivity contribution < 1.29 is 40.8 Å². The van der Waals surface area contributed by atoms with Gasteiger partial charge in [-0.15, -0.1) is 0 Å². The summed E-state index contributed by atoms with van der Waals surface area (Å²) in [5.74, 6) is -3.72. The maximum atomic E-state index is 12.2. The molecule has 1 aromatic heterocycles. The number of nitrogens with zero attached hydrogens (tertiary/aromatic N) is 1. The first kappa shape index (κ1) is 16.3. The first-order chi connectivity index (χ1) is 9.03. The molecule has 1 aromatic rings. The Balaban J connectivity index is 0.000000246. The fourth-order valence-corrected chi connectivity index (χ4v) is 1.36. The third kappa shape index (κ3) is 4.11. The lowest BCUT2D eigenvalue weighted by molar-refractivity contribution is -0.192. The Morgan fingerprint density at radius 1 is 1.25 bits per heavy atom. The molecule has 0 radical (unpaired) electrons. The minimum absolute atomic E-state index is 0.152. The van der Waals surface area contributed by atoms with Crippen LogP contribution in [0.15, 0.2) is 4.52 Å². The number of aliphatic carboxylic acids is 1. The standard InChI is InChI=1S/C7H7F3N2O.C2HF3O2/c8-7(9,10)6-4-3-11-2-1-5(4)12-13-6;3-2(4,5)1(6)7/h11H,1-3H2;(H,6,7). The Morgan fingerprint density at radius 2 is 1.80 bits per heavy atom. The van der Waals surface area contributed by atoms with E-state index in [9.17, 15) is 26.3 Å². The average molecular weight is 306 g/mol. The number of fused-ring (bicyclic) bond motifs is 1. The molecule has 0 spiro atoms. The van der Waals surface area contributed by atoms with Gasteiger partial charge in [0, 0.05) is 25.1 Å². The number of nitrogens with one attached hydrogen (secondary N) is 1. The highest BCUT2D eigenvalue weighted by molar-refractivity contribution is 5.73. The minimum Gasteiger partial charge on any atom is -0.475 e. The molecule has 5 nitrogen and oxygen atoms in total. The summed E-state index contributed by atoms with van der Waals surface area (Å²) >= 11 is 0. The molecule has 2 rings (SSSR count). The molecule has 114 valence electrons. The summed E-state index contributed by atoms with van der Waals surface area (Å²) in [6.45, 7) is 0.838. The Kier molecular flexibility index (Phi) is 4.63. The molecule has 0 saturated carbocycles. The predicted octanol–water partition coefficient (Wildman–Crippen LogP) is 1.97. The molecule has 2 heterocycles. The molecule has 1 aliphatic rings. The van der Waals surface area contributed by atoms with Crippen molar-refractivity contribution in [2.75, 3.05) is 6.54 Å². The van der Waals surface area contributed by atoms with Gasteiger partial charge in [0.05, 0.1) is 5.69 Å². The smallest absolute Gasteiger partial charge is 0.475 e. The van der Waals surface area contributed by atoms with Gasteiger partial charge in [0.2, 0.25) is 5.76 Å². The number of carboxylic acids is 1. The number of hydrogen-bond donors (Lipinski definition) is 2. The third-order valence-electron chi connectivity index (χ3n) is 2.21. The van der Waals surface area contributed by atoms with Crippen molar-refractivity contribution in [3.8, 4) is 0 Å². The van der Waals surface area contributed by atoms with Crippen LogP contribution in [0.3, 0.4) is 0 Å². The molecular weight excluding hydrogens is 298 g/mol. The van der Waals surface area contributed by atoms with Gasteiger partial charge in [0.1, 0.15) is 0 Å². The van der Waals surface area contributed by atoms with E-state index in [1.807, 2.05) is 0 Å². The van der Waals surface area contributed by atoms with E-state index in [0.29, 0.717) is 18.7 Å². The van der Waals surface area contributed by atoms with Gasteiger partial charge in [0.15, 0.2) is 0 Å². The van der Waals surface area contributed by atoms with Crippen molar-refractivity contribution in [3.05, 3.63) is 17.0 Å². The average Bonchev–Trinajstić information content (AvgIpc) is 2.71. The molecule has 0 amide bonds. The summed E-state index contributed by atoms with van der Waals surface area (Å²) < 4.78 is 72.7. The van der Waals surface area contributed by atoms with Crippen LogP contribution in [0.1, 0.15) is 17.0 Å². The first-order valence-corrected chi connectivity index (χ1v) is 5.09. The van der Waals surface area contributed by atoms with Crippen LogP contribution >= 0.6 is 0 Å². The van der Waals surface area contributed by atoms with Crippen molar-refractivity contribution in [2.24, 2.45) is 0 Å². The van der Waals surface area contributed by atoms with Crippen molar-refractivity contribution in [3.63, 3.8) is 0 Å². The highest BCUT2D eigenvalue weighted by Crippen LogP contribution is 2.34. The predicted molar refractivity (Wildman–Crippen MR) is 50.6 cm³/mol. The lowest BCUT2D eigenvalue weighted by atomic mass is 10.1. The summed E-state index contributed by atoms with van der Waals surface area (Å²) in [6.07, 6.45) is -9.02. The fourth-order valence-electron chi connectivity index (χ4n) is 1.36. The van der Waals surface area contributed by atoms with Crippen molar-refractivity contribution >= 4 is 5.97 Å². The van der Waals surface area contributed by atoms with E-state index in [0.717, 1.165) is 0 Å². The summed E-state index contributed by atoms with van der Waals surface area (Å²) in [6, 6.07) is 0. The van der Waals surface area contributed by atoms with Crippen LogP contribution in [-0.4, -0.2) is 29.0 Å². The number of halogens is 6. The van der Waals surface area contributed by atoms with E-state index < -0.39 is 24.1 Å². The normalized spacial score (nSPS) is 15.1. The molecule has 11 heteroatoms. The number of rotatable bonds is 0. The van der Waals surface area contributed by atoms with E-state index in [1.165, 1.54) is 0 Å². The number of carbonyl (C=O) groups is 1. The van der Waals surface area contributed by atoms with Gasteiger partial charge in [-0.3, -0.25) is 0 Å².